The van der Waals surface area contributed by atoms with Crippen molar-refractivity contribution < 1.29 is 16.8 Å². The summed E-state index contributed by atoms with van der Waals surface area (Å²) in [5, 5.41) is 1.78. The van der Waals surface area contributed by atoms with Crippen molar-refractivity contribution in [3.63, 3.8) is 0 Å². The molecule has 1 fully saturated rings. The summed E-state index contributed by atoms with van der Waals surface area (Å²) < 4.78 is 54.4. The number of nitrogens with one attached hydrogen (secondary N) is 1. The van der Waals surface area contributed by atoms with Gasteiger partial charge in [-0.2, -0.15) is 0 Å². The Bertz CT molecular complexity index is 2300. The van der Waals surface area contributed by atoms with E-state index >= 15 is 0 Å². The van der Waals surface area contributed by atoms with E-state index in [9.17, 15) is 16.8 Å². The third-order valence-electron chi connectivity index (χ3n) is 9.49. The molecule has 6 aromatic rings. The second-order valence-electron chi connectivity index (χ2n) is 12.8. The zero-order valence-corrected chi connectivity index (χ0v) is 29.2. The van der Waals surface area contributed by atoms with Crippen molar-refractivity contribution in [3.05, 3.63) is 115 Å². The van der Waals surface area contributed by atoms with Crippen molar-refractivity contribution in [2.24, 2.45) is 0 Å². The molecule has 1 saturated heterocycles. The van der Waals surface area contributed by atoms with Crippen LogP contribution < -0.4 is 4.31 Å². The highest BCUT2D eigenvalue weighted by atomic mass is 32.2. The fourth-order valence-electron chi connectivity index (χ4n) is 6.85. The Morgan fingerprint density at radius 2 is 1.49 bits per heavy atom. The number of H-pyrrole nitrogens is 1. The first-order valence-corrected chi connectivity index (χ1v) is 20.0. The molecular formula is C39H40N4O4S2. The Morgan fingerprint density at radius 1 is 0.796 bits per heavy atom. The Kier molecular flexibility index (Phi) is 9.28. The van der Waals surface area contributed by atoms with Gasteiger partial charge in [0.05, 0.1) is 22.1 Å². The second kappa shape index (κ2) is 13.8. The number of hydrogen-bond acceptors (Lipinski definition) is 6. The number of likely N-dealkylation sites (tertiary alicyclic amines) is 1. The first-order valence-electron chi connectivity index (χ1n) is 16.8. The van der Waals surface area contributed by atoms with Gasteiger partial charge in [-0.25, -0.2) is 21.8 Å². The van der Waals surface area contributed by atoms with Gasteiger partial charge in [-0.05, 0) is 92.0 Å². The number of pyridine rings is 1. The van der Waals surface area contributed by atoms with Crippen molar-refractivity contribution in [3.8, 4) is 22.3 Å². The lowest BCUT2D eigenvalue weighted by Crippen LogP contribution is -2.34. The van der Waals surface area contributed by atoms with E-state index < -0.39 is 19.9 Å². The predicted molar refractivity (Wildman–Crippen MR) is 199 cm³/mol. The van der Waals surface area contributed by atoms with E-state index in [-0.39, 0.29) is 11.5 Å². The van der Waals surface area contributed by atoms with E-state index in [1.807, 2.05) is 66.9 Å². The molecule has 0 spiro atoms. The molecule has 1 aliphatic heterocycles. The molecule has 49 heavy (non-hydrogen) atoms. The summed E-state index contributed by atoms with van der Waals surface area (Å²) in [7, 11) is -5.39. The minimum Gasteiger partial charge on any atom is -0.339 e. The average Bonchev–Trinajstić information content (AvgIpc) is 3.50. The Morgan fingerprint density at radius 3 is 2.20 bits per heavy atom. The summed E-state index contributed by atoms with van der Waals surface area (Å²) in [6.45, 7) is 2.92. The zero-order valence-electron chi connectivity index (χ0n) is 27.5. The molecule has 0 amide bonds. The predicted octanol–water partition coefficient (Wildman–Crippen LogP) is 7.67. The first-order chi connectivity index (χ1) is 23.7. The minimum atomic E-state index is -3.54. The van der Waals surface area contributed by atoms with Crippen LogP contribution in [-0.2, 0) is 25.6 Å². The first kappa shape index (κ1) is 33.0. The molecule has 2 aromatic heterocycles. The Balaban J connectivity index is 1.23. The second-order valence-corrected chi connectivity index (χ2v) is 16.9. The summed E-state index contributed by atoms with van der Waals surface area (Å²) in [5.74, 6) is -0.0146. The fourth-order valence-corrected chi connectivity index (χ4v) is 9.42. The van der Waals surface area contributed by atoms with Gasteiger partial charge in [0.2, 0.25) is 10.0 Å². The number of aromatic nitrogens is 2. The van der Waals surface area contributed by atoms with E-state index in [2.05, 4.69) is 22.0 Å². The van der Waals surface area contributed by atoms with E-state index in [0.29, 0.717) is 28.2 Å². The molecule has 4 aromatic carbocycles. The number of aromatic amines is 1. The molecule has 0 atom stereocenters. The highest BCUT2D eigenvalue weighted by Gasteiger charge is 2.22. The van der Waals surface area contributed by atoms with Crippen LogP contribution in [0.3, 0.4) is 0 Å². The summed E-state index contributed by atoms with van der Waals surface area (Å²) in [6.07, 6.45) is 6.09. The lowest BCUT2D eigenvalue weighted by Gasteiger charge is -2.27. The molecule has 252 valence electrons. The molecule has 8 nitrogen and oxygen atoms in total. The van der Waals surface area contributed by atoms with Gasteiger partial charge in [0, 0.05) is 40.7 Å². The van der Waals surface area contributed by atoms with E-state index in [1.54, 1.807) is 37.4 Å². The number of hydrogen-bond donors (Lipinski definition) is 1. The molecule has 0 bridgehead atoms. The van der Waals surface area contributed by atoms with E-state index in [1.165, 1.54) is 23.6 Å². The molecule has 3 heterocycles. The quantitative estimate of drug-likeness (QED) is 0.150. The topological polar surface area (TPSA) is 103 Å². The fraction of sp³-hybridized carbons (Fsp3) is 0.256. The van der Waals surface area contributed by atoms with Crippen molar-refractivity contribution in [2.75, 3.05) is 36.7 Å². The molecular weight excluding hydrogens is 653 g/mol. The lowest BCUT2D eigenvalue weighted by molar-refractivity contribution is 0.229. The van der Waals surface area contributed by atoms with E-state index in [4.69, 9.17) is 4.98 Å². The van der Waals surface area contributed by atoms with E-state index in [0.717, 1.165) is 58.2 Å². The van der Waals surface area contributed by atoms with Gasteiger partial charge in [-0.15, -0.1) is 0 Å². The third-order valence-corrected chi connectivity index (χ3v) is 13.0. The highest BCUT2D eigenvalue weighted by Crippen LogP contribution is 2.41. The van der Waals surface area contributed by atoms with Crippen molar-refractivity contribution >= 4 is 47.5 Å². The lowest BCUT2D eigenvalue weighted by atomic mass is 9.92. The van der Waals surface area contributed by atoms with Gasteiger partial charge in [0.25, 0.3) is 0 Å². The summed E-state index contributed by atoms with van der Waals surface area (Å²) in [5.41, 5.74) is 6.59. The largest absolute Gasteiger partial charge is 0.339 e. The maximum atomic E-state index is 13.3. The maximum absolute atomic E-state index is 13.3. The van der Waals surface area contributed by atoms with Gasteiger partial charge >= 0.3 is 0 Å². The van der Waals surface area contributed by atoms with Gasteiger partial charge in [-0.3, -0.25) is 4.31 Å². The SMILES string of the molecule is CN(c1ccc(-c2cnc3[nH]c4ccc(CS(=O)(=O)c5ccccc5)cc4c3c2-c2ccccc2)cc1)S(=O)(=O)CCCN1CCCCC1. The summed E-state index contributed by atoms with van der Waals surface area (Å²) >= 11 is 0. The van der Waals surface area contributed by atoms with Crippen LogP contribution in [-0.4, -0.2) is 64.1 Å². The Hall–Kier alpha value is -4.51. The Labute approximate surface area is 288 Å². The van der Waals surface area contributed by atoms with Crippen LogP contribution in [0.25, 0.3) is 44.2 Å². The van der Waals surface area contributed by atoms with Gasteiger partial charge < -0.3 is 9.88 Å². The number of sulfonamides is 1. The van der Waals surface area contributed by atoms with Gasteiger partial charge in [0.15, 0.2) is 9.84 Å². The van der Waals surface area contributed by atoms with Crippen LogP contribution in [0.5, 0.6) is 0 Å². The average molecular weight is 693 g/mol. The van der Waals surface area contributed by atoms with Gasteiger partial charge in [-0.1, -0.05) is 73.2 Å². The number of sulfone groups is 1. The van der Waals surface area contributed by atoms with Gasteiger partial charge in [0.1, 0.15) is 5.65 Å². The van der Waals surface area contributed by atoms with Crippen LogP contribution in [0.4, 0.5) is 5.69 Å². The zero-order chi connectivity index (χ0) is 34.0. The van der Waals surface area contributed by atoms with Crippen LogP contribution >= 0.6 is 0 Å². The highest BCUT2D eigenvalue weighted by molar-refractivity contribution is 7.92. The number of anilines is 1. The third kappa shape index (κ3) is 6.99. The van der Waals surface area contributed by atoms with Crippen LogP contribution in [0, 0.1) is 0 Å². The number of fused-ring (bicyclic) bond motifs is 3. The molecule has 1 N–H and O–H groups in total. The van der Waals surface area contributed by atoms with Crippen molar-refractivity contribution in [2.45, 2.75) is 36.3 Å². The molecule has 0 unspecified atom stereocenters. The number of benzene rings is 4. The molecule has 7 rings (SSSR count). The van der Waals surface area contributed by atoms with Crippen molar-refractivity contribution in [1.29, 1.82) is 0 Å². The molecule has 10 heteroatoms. The summed E-state index contributed by atoms with van der Waals surface area (Å²) in [6, 6.07) is 31.9. The standard InChI is InChI=1S/C39H40N4O4S2/c1-42(49(46,47)25-11-24-43-22-9-4-10-23-43)32-19-17-30(18-20-32)35-27-40-39-38(37(35)31-12-5-2-6-13-31)34-26-29(16-21-36(34)41-39)28-48(44,45)33-14-7-3-8-15-33/h2-3,5-8,12-21,26-27H,4,9-11,22-25,28H2,1H3,(H,40,41). The number of piperidine rings is 1. The van der Waals surface area contributed by atoms with Crippen LogP contribution in [0.2, 0.25) is 0 Å². The number of nitrogens with zero attached hydrogens (tertiary/aromatic N) is 3. The number of rotatable bonds is 11. The molecule has 0 saturated carbocycles. The summed E-state index contributed by atoms with van der Waals surface area (Å²) in [4.78, 5) is 10.9. The minimum absolute atomic E-state index is 0.107. The van der Waals surface area contributed by atoms with Crippen molar-refractivity contribution in [1.82, 2.24) is 14.9 Å². The van der Waals surface area contributed by atoms with Crippen LogP contribution in [0.1, 0.15) is 31.2 Å². The molecule has 1 aliphatic rings. The molecule has 0 radical (unpaired) electrons. The molecule has 0 aliphatic carbocycles. The maximum Gasteiger partial charge on any atom is 0.234 e. The normalized spacial score (nSPS) is 14.4. The monoisotopic (exact) mass is 692 g/mol. The smallest absolute Gasteiger partial charge is 0.234 e. The van der Waals surface area contributed by atoms with Crippen LogP contribution in [0.15, 0.2) is 114 Å².